The maximum atomic E-state index is 12.6. The highest BCUT2D eigenvalue weighted by atomic mass is 16.2. The molecule has 1 amide bonds. The van der Waals surface area contributed by atoms with E-state index in [0.29, 0.717) is 11.3 Å². The Kier molecular flexibility index (Phi) is 3.62. The summed E-state index contributed by atoms with van der Waals surface area (Å²) in [6.07, 6.45) is 2.82. The van der Waals surface area contributed by atoms with E-state index in [0.717, 1.165) is 15.6 Å². The number of amides is 1. The van der Waals surface area contributed by atoms with Crippen molar-refractivity contribution in [2.45, 2.75) is 6.92 Å². The summed E-state index contributed by atoms with van der Waals surface area (Å²) in [6.45, 7) is 1.86. The fourth-order valence-electron chi connectivity index (χ4n) is 2.88. The van der Waals surface area contributed by atoms with Gasteiger partial charge in [0.15, 0.2) is 5.65 Å². The molecule has 10 heteroatoms. The number of nitrogens with zero attached hydrogens (tertiary/aromatic N) is 5. The Hall–Kier alpha value is -3.82. The number of fused-ring (bicyclic) bond motifs is 2. The number of nitrogens with one attached hydrogen (secondary N) is 2. The smallest absolute Gasteiger partial charge is 0.321 e. The van der Waals surface area contributed by atoms with Gasteiger partial charge < -0.3 is 5.32 Å². The van der Waals surface area contributed by atoms with Gasteiger partial charge in [0.1, 0.15) is 5.65 Å². The highest BCUT2D eigenvalue weighted by Gasteiger charge is 2.14. The number of carbonyl (C=O) groups is 1. The van der Waals surface area contributed by atoms with Crippen LogP contribution in [-0.2, 0) is 14.1 Å². The van der Waals surface area contributed by atoms with Crippen LogP contribution in [-0.4, -0.2) is 35.2 Å². The predicted octanol–water partition coefficient (Wildman–Crippen LogP) is 0.464. The number of anilines is 1. The van der Waals surface area contributed by atoms with Gasteiger partial charge in [0, 0.05) is 31.4 Å². The quantitative estimate of drug-likeness (QED) is 0.531. The largest absolute Gasteiger partial charge is 0.332 e. The van der Waals surface area contributed by atoms with E-state index >= 15 is 0 Å². The summed E-state index contributed by atoms with van der Waals surface area (Å²) in [5.41, 5.74) is 1.32. The molecule has 0 aliphatic heterocycles. The van der Waals surface area contributed by atoms with Crippen molar-refractivity contribution in [3.05, 3.63) is 56.6 Å². The molecule has 0 aromatic carbocycles. The molecule has 0 aliphatic rings. The maximum Gasteiger partial charge on any atom is 0.332 e. The monoisotopic (exact) mass is 365 g/mol. The van der Waals surface area contributed by atoms with E-state index in [1.165, 1.54) is 37.1 Å². The van der Waals surface area contributed by atoms with E-state index in [2.05, 4.69) is 25.5 Å². The zero-order chi connectivity index (χ0) is 19.3. The van der Waals surface area contributed by atoms with Crippen LogP contribution in [0.3, 0.4) is 0 Å². The van der Waals surface area contributed by atoms with E-state index in [4.69, 9.17) is 0 Å². The molecule has 0 radical (unpaired) electrons. The van der Waals surface area contributed by atoms with Crippen LogP contribution in [0.5, 0.6) is 0 Å². The number of hydrogen-bond donors (Lipinski definition) is 2. The number of pyridine rings is 2. The van der Waals surface area contributed by atoms with Crippen LogP contribution < -0.4 is 16.6 Å². The lowest BCUT2D eigenvalue weighted by Gasteiger charge is -2.08. The molecule has 0 saturated heterocycles. The zero-order valence-electron chi connectivity index (χ0n) is 14.8. The number of aryl methyl sites for hydroxylation is 2. The second kappa shape index (κ2) is 5.87. The van der Waals surface area contributed by atoms with Crippen molar-refractivity contribution in [2.24, 2.45) is 14.1 Å². The summed E-state index contributed by atoms with van der Waals surface area (Å²) in [6, 6.07) is 3.19. The lowest BCUT2D eigenvalue weighted by atomic mass is 10.2. The molecule has 0 saturated carbocycles. The molecule has 0 spiro atoms. The number of aromatic amines is 1. The van der Waals surface area contributed by atoms with Crippen molar-refractivity contribution in [3.8, 4) is 0 Å². The molecule has 0 bridgehead atoms. The van der Waals surface area contributed by atoms with Crippen LogP contribution >= 0.6 is 0 Å². The predicted molar refractivity (Wildman–Crippen MR) is 98.8 cm³/mol. The van der Waals surface area contributed by atoms with Gasteiger partial charge in [-0.25, -0.2) is 14.8 Å². The Bertz CT molecular complexity index is 1350. The van der Waals surface area contributed by atoms with Gasteiger partial charge in [0.05, 0.1) is 22.8 Å². The lowest BCUT2D eigenvalue weighted by molar-refractivity contribution is 0.102. The van der Waals surface area contributed by atoms with Crippen molar-refractivity contribution in [2.75, 3.05) is 5.32 Å². The molecule has 4 aromatic heterocycles. The second-order valence-electron chi connectivity index (χ2n) is 6.20. The van der Waals surface area contributed by atoms with Crippen LogP contribution in [0.2, 0.25) is 0 Å². The fourth-order valence-corrected chi connectivity index (χ4v) is 2.88. The van der Waals surface area contributed by atoms with Gasteiger partial charge in [-0.2, -0.15) is 5.10 Å². The minimum atomic E-state index is -0.507. The summed E-state index contributed by atoms with van der Waals surface area (Å²) >= 11 is 0. The normalized spacial score (nSPS) is 11.2. The van der Waals surface area contributed by atoms with Crippen LogP contribution in [0.15, 0.2) is 34.1 Å². The Morgan fingerprint density at radius 3 is 2.63 bits per heavy atom. The zero-order valence-corrected chi connectivity index (χ0v) is 14.8. The van der Waals surface area contributed by atoms with Gasteiger partial charge in [0.25, 0.3) is 11.5 Å². The molecule has 0 atom stereocenters. The summed E-state index contributed by atoms with van der Waals surface area (Å²) < 4.78 is 2.24. The van der Waals surface area contributed by atoms with E-state index in [1.54, 1.807) is 6.07 Å². The van der Waals surface area contributed by atoms with Crippen LogP contribution in [0.1, 0.15) is 16.1 Å². The first-order valence-electron chi connectivity index (χ1n) is 8.04. The molecule has 136 valence electrons. The van der Waals surface area contributed by atoms with Crippen LogP contribution in [0.25, 0.3) is 22.1 Å². The highest BCUT2D eigenvalue weighted by Crippen LogP contribution is 2.18. The molecule has 0 fully saturated rings. The molecule has 2 N–H and O–H groups in total. The first kappa shape index (κ1) is 16.6. The summed E-state index contributed by atoms with van der Waals surface area (Å²) in [5.74, 6) is -0.442. The third kappa shape index (κ3) is 2.58. The summed E-state index contributed by atoms with van der Waals surface area (Å²) in [4.78, 5) is 45.2. The molecule has 10 nitrogen and oxygen atoms in total. The van der Waals surface area contributed by atoms with E-state index < -0.39 is 17.2 Å². The molecule has 0 unspecified atom stereocenters. The van der Waals surface area contributed by atoms with Crippen molar-refractivity contribution < 1.29 is 4.79 Å². The van der Waals surface area contributed by atoms with Gasteiger partial charge in [-0.1, -0.05) is 0 Å². The summed E-state index contributed by atoms with van der Waals surface area (Å²) in [5, 5.41) is 10.6. The number of H-pyrrole nitrogens is 1. The molecule has 4 aromatic rings. The minimum Gasteiger partial charge on any atom is -0.321 e. The molecule has 0 aliphatic carbocycles. The number of hydrogen-bond acceptors (Lipinski definition) is 6. The minimum absolute atomic E-state index is 0.187. The Morgan fingerprint density at radius 2 is 1.85 bits per heavy atom. The van der Waals surface area contributed by atoms with Crippen molar-refractivity contribution in [3.63, 3.8) is 0 Å². The fraction of sp³-hybridized carbons (Fsp3) is 0.176. The number of rotatable bonds is 2. The van der Waals surface area contributed by atoms with E-state index in [9.17, 15) is 14.4 Å². The van der Waals surface area contributed by atoms with Crippen LogP contribution in [0, 0.1) is 6.92 Å². The number of carbonyl (C=O) groups excluding carboxylic acids is 1. The Morgan fingerprint density at radius 1 is 1.07 bits per heavy atom. The van der Waals surface area contributed by atoms with Gasteiger partial charge in [0.2, 0.25) is 0 Å². The number of aromatic nitrogens is 6. The lowest BCUT2D eigenvalue weighted by Crippen LogP contribution is -2.37. The Balaban J connectivity index is 1.75. The van der Waals surface area contributed by atoms with Gasteiger partial charge in [-0.05, 0) is 19.1 Å². The third-order valence-corrected chi connectivity index (χ3v) is 4.41. The molecule has 4 heterocycles. The maximum absolute atomic E-state index is 12.6. The SMILES string of the molecule is Cc1[nH]nc2ncc(NC(=O)c3cnc4c(c3)c(=O)n(C)c(=O)n4C)cc12. The molecular weight excluding hydrogens is 350 g/mol. The average molecular weight is 365 g/mol. The van der Waals surface area contributed by atoms with E-state index in [-0.39, 0.29) is 16.6 Å². The first-order valence-corrected chi connectivity index (χ1v) is 8.04. The first-order chi connectivity index (χ1) is 12.9. The molecular formula is C17H15N7O3. The molecule has 4 rings (SSSR count). The highest BCUT2D eigenvalue weighted by molar-refractivity contribution is 6.06. The standard InChI is InChI=1S/C17H15N7O3/c1-8-11-5-10(7-18-13(11)22-21-8)20-15(25)9-4-12-14(19-6-9)23(2)17(27)24(3)16(12)26/h4-7H,1-3H3,(H,20,25)(H,18,21,22). The summed E-state index contributed by atoms with van der Waals surface area (Å²) in [7, 11) is 2.90. The third-order valence-electron chi connectivity index (χ3n) is 4.41. The van der Waals surface area contributed by atoms with Gasteiger partial charge >= 0.3 is 5.69 Å². The van der Waals surface area contributed by atoms with E-state index in [1.807, 2.05) is 6.92 Å². The van der Waals surface area contributed by atoms with Gasteiger partial charge in [-0.3, -0.25) is 23.8 Å². The van der Waals surface area contributed by atoms with Gasteiger partial charge in [-0.15, -0.1) is 0 Å². The van der Waals surface area contributed by atoms with Crippen molar-refractivity contribution in [1.29, 1.82) is 0 Å². The van der Waals surface area contributed by atoms with Crippen LogP contribution in [0.4, 0.5) is 5.69 Å². The Labute approximate surface area is 151 Å². The molecule has 27 heavy (non-hydrogen) atoms. The topological polar surface area (TPSA) is 128 Å². The van der Waals surface area contributed by atoms with Crippen molar-refractivity contribution in [1.82, 2.24) is 29.3 Å². The van der Waals surface area contributed by atoms with Crippen molar-refractivity contribution >= 4 is 33.7 Å². The second-order valence-corrected chi connectivity index (χ2v) is 6.20. The average Bonchev–Trinajstić information content (AvgIpc) is 3.04.